The van der Waals surface area contributed by atoms with Crippen LogP contribution in [0.5, 0.6) is 0 Å². The number of alkyl halides is 2. The van der Waals surface area contributed by atoms with Gasteiger partial charge in [-0.05, 0) is 42.0 Å². The maximum Gasteiger partial charge on any atom is 0.293 e. The predicted molar refractivity (Wildman–Crippen MR) is 145 cm³/mol. The fourth-order valence-corrected chi connectivity index (χ4v) is 4.73. The summed E-state index contributed by atoms with van der Waals surface area (Å²) in [5, 5.41) is 14.5. The summed E-state index contributed by atoms with van der Waals surface area (Å²) in [7, 11) is 0. The Morgan fingerprint density at radius 2 is 1.86 bits per heavy atom. The van der Waals surface area contributed by atoms with Crippen LogP contribution in [0.25, 0.3) is 27.9 Å². The number of halogens is 4. The molecular formula is C28H20ClF3N9O+. The summed E-state index contributed by atoms with van der Waals surface area (Å²) in [6.45, 7) is 0.165. The first kappa shape index (κ1) is 27.0. The lowest BCUT2D eigenvalue weighted by atomic mass is 10.0. The molecule has 0 bridgehead atoms. The number of nitrogens with one attached hydrogen (secondary N) is 1. The van der Waals surface area contributed by atoms with Gasteiger partial charge >= 0.3 is 0 Å². The van der Waals surface area contributed by atoms with E-state index in [2.05, 4.69) is 30.6 Å². The quantitative estimate of drug-likeness (QED) is 0.260. The molecule has 0 aliphatic rings. The zero-order valence-corrected chi connectivity index (χ0v) is 22.3. The largest absolute Gasteiger partial charge is 0.313 e. The smallest absolute Gasteiger partial charge is 0.293 e. The van der Waals surface area contributed by atoms with Crippen LogP contribution in [-0.2, 0) is 6.54 Å². The molecule has 0 aliphatic heterocycles. The summed E-state index contributed by atoms with van der Waals surface area (Å²) in [6.07, 6.45) is 6.38. The first-order valence-electron chi connectivity index (χ1n) is 12.6. The van der Waals surface area contributed by atoms with Crippen molar-refractivity contribution >= 4 is 11.6 Å². The Kier molecular flexibility index (Phi) is 7.32. The van der Waals surface area contributed by atoms with E-state index in [1.807, 2.05) is 0 Å². The van der Waals surface area contributed by atoms with Crippen LogP contribution in [-0.4, -0.2) is 39.8 Å². The van der Waals surface area contributed by atoms with E-state index in [-0.39, 0.29) is 28.4 Å². The molecule has 210 valence electrons. The van der Waals surface area contributed by atoms with Gasteiger partial charge in [-0.25, -0.2) is 13.2 Å². The molecule has 0 saturated carbocycles. The van der Waals surface area contributed by atoms with Crippen LogP contribution in [0.15, 0.2) is 96.7 Å². The summed E-state index contributed by atoms with van der Waals surface area (Å²) < 4.78 is 46.4. The number of benzene rings is 1. The molecule has 5 heterocycles. The van der Waals surface area contributed by atoms with Crippen molar-refractivity contribution in [1.82, 2.24) is 39.8 Å². The maximum absolute atomic E-state index is 15.3. The Bertz CT molecular complexity index is 1910. The second-order valence-electron chi connectivity index (χ2n) is 9.21. The van der Waals surface area contributed by atoms with Crippen molar-refractivity contribution in [2.45, 2.75) is 19.0 Å². The Hall–Kier alpha value is -5.17. The van der Waals surface area contributed by atoms with Crippen LogP contribution in [0, 0.1) is 5.82 Å². The highest BCUT2D eigenvalue weighted by Crippen LogP contribution is 2.32. The van der Waals surface area contributed by atoms with Crippen LogP contribution >= 0.6 is 11.6 Å². The van der Waals surface area contributed by atoms with Crippen LogP contribution in [0.4, 0.5) is 13.2 Å². The third kappa shape index (κ3) is 5.29. The third-order valence-electron chi connectivity index (χ3n) is 6.65. The number of nitrogens with zero attached hydrogens (tertiary/aromatic N) is 8. The van der Waals surface area contributed by atoms with Crippen molar-refractivity contribution in [2.75, 3.05) is 0 Å². The molecule has 6 aromatic rings. The lowest BCUT2D eigenvalue weighted by Gasteiger charge is -2.19. The van der Waals surface area contributed by atoms with E-state index in [0.29, 0.717) is 28.1 Å². The molecule has 0 radical (unpaired) electrons. The number of hydrogen-bond acceptors (Lipinski definition) is 6. The normalized spacial score (nSPS) is 12.1. The van der Waals surface area contributed by atoms with Gasteiger partial charge in [-0.3, -0.25) is 19.4 Å². The molecule has 0 spiro atoms. The van der Waals surface area contributed by atoms with Gasteiger partial charge < -0.3 is 4.57 Å². The van der Waals surface area contributed by atoms with E-state index in [0.717, 1.165) is 0 Å². The standard InChI is InChI=1S/C28H19ClF3N9O/c29-20-5-7-23(41-16-35-37-38-41)26(27(20)30)18-4-6-21(34-12-18)24(15-39-10-2-1-3-25(39)42)40-14-19(13-36-40)17-8-9-33-22(11-17)28(31)32/h1-14,16,24,28H,15H2/p+1/t24-/m1/s1. The minimum atomic E-state index is -2.71. The molecule has 42 heavy (non-hydrogen) atoms. The second-order valence-corrected chi connectivity index (χ2v) is 9.62. The lowest BCUT2D eigenvalue weighted by molar-refractivity contribution is -0.659. The van der Waals surface area contributed by atoms with Crippen molar-refractivity contribution < 1.29 is 17.9 Å². The van der Waals surface area contributed by atoms with E-state index in [9.17, 15) is 13.6 Å². The summed E-state index contributed by atoms with van der Waals surface area (Å²) >= 11 is 6.11. The molecular weight excluding hydrogens is 571 g/mol. The van der Waals surface area contributed by atoms with E-state index in [4.69, 9.17) is 11.6 Å². The zero-order chi connectivity index (χ0) is 29.2. The van der Waals surface area contributed by atoms with Gasteiger partial charge in [0.05, 0.1) is 29.0 Å². The molecule has 1 aromatic carbocycles. The number of pyridine rings is 3. The van der Waals surface area contributed by atoms with Gasteiger partial charge in [-0.15, -0.1) is 4.68 Å². The SMILES string of the molecule is O=c1ccccn1C[C@H](c1ccc(-c2c(-[n+]3cnn[nH]3)ccc(Cl)c2F)cn1)n1cc(-c2ccnc(C(F)F)c2)cn1. The first-order chi connectivity index (χ1) is 20.4. The van der Waals surface area contributed by atoms with E-state index in [1.54, 1.807) is 59.7 Å². The van der Waals surface area contributed by atoms with Crippen molar-refractivity contribution in [1.29, 1.82) is 0 Å². The second kappa shape index (κ2) is 11.4. The van der Waals surface area contributed by atoms with Crippen LogP contribution in [0.2, 0.25) is 5.02 Å². The molecule has 1 atom stereocenters. The average molecular weight is 591 g/mol. The van der Waals surface area contributed by atoms with Crippen molar-refractivity contribution in [3.05, 3.63) is 124 Å². The van der Waals surface area contributed by atoms with Gasteiger partial charge in [0.15, 0.2) is 11.0 Å². The molecule has 5 aromatic heterocycles. The molecule has 0 unspecified atom stereocenters. The number of H-pyrrole nitrogens is 1. The molecule has 14 heteroatoms. The maximum atomic E-state index is 15.3. The van der Waals surface area contributed by atoms with Crippen LogP contribution in [0.1, 0.15) is 23.9 Å². The topological polar surface area (TPSA) is 111 Å². The van der Waals surface area contributed by atoms with Gasteiger partial charge in [0.2, 0.25) is 0 Å². The van der Waals surface area contributed by atoms with Gasteiger partial charge in [0, 0.05) is 42.0 Å². The average Bonchev–Trinajstić information content (AvgIpc) is 3.72. The summed E-state index contributed by atoms with van der Waals surface area (Å²) in [5.41, 5.74) is 2.08. The molecule has 0 amide bonds. The van der Waals surface area contributed by atoms with Crippen LogP contribution in [0.3, 0.4) is 0 Å². The van der Waals surface area contributed by atoms with E-state index >= 15 is 4.39 Å². The molecule has 10 nitrogen and oxygen atoms in total. The van der Waals surface area contributed by atoms with Crippen molar-refractivity contribution in [3.63, 3.8) is 0 Å². The molecule has 0 aliphatic carbocycles. The highest BCUT2D eigenvalue weighted by Gasteiger charge is 2.23. The van der Waals surface area contributed by atoms with Crippen LogP contribution < -0.4 is 10.2 Å². The fourth-order valence-electron chi connectivity index (χ4n) is 4.57. The number of aromatic amines is 1. The highest BCUT2D eigenvalue weighted by molar-refractivity contribution is 6.31. The Morgan fingerprint density at radius 3 is 2.60 bits per heavy atom. The fraction of sp³-hybridized carbons (Fsp3) is 0.107. The number of tetrazole rings is 1. The number of aromatic nitrogens is 9. The van der Waals surface area contributed by atoms with Gasteiger partial charge in [-0.2, -0.15) is 5.10 Å². The summed E-state index contributed by atoms with van der Waals surface area (Å²) in [5.74, 6) is -0.643. The Balaban J connectivity index is 1.41. The predicted octanol–water partition coefficient (Wildman–Crippen LogP) is 4.58. The number of hydrogen-bond donors (Lipinski definition) is 1. The van der Waals surface area contributed by atoms with Crippen molar-refractivity contribution in [2.24, 2.45) is 0 Å². The minimum absolute atomic E-state index is 0.0672. The molecule has 0 saturated heterocycles. The molecule has 0 fully saturated rings. The zero-order valence-electron chi connectivity index (χ0n) is 21.5. The first-order valence-corrected chi connectivity index (χ1v) is 12.9. The number of rotatable bonds is 8. The third-order valence-corrected chi connectivity index (χ3v) is 6.95. The monoisotopic (exact) mass is 590 g/mol. The highest BCUT2D eigenvalue weighted by atomic mass is 35.5. The Morgan fingerprint density at radius 1 is 0.976 bits per heavy atom. The molecule has 6 rings (SSSR count). The summed E-state index contributed by atoms with van der Waals surface area (Å²) in [4.78, 5) is 20.9. The Labute approximate surface area is 240 Å². The van der Waals surface area contributed by atoms with Gasteiger partial charge in [-0.1, -0.05) is 28.9 Å². The van der Waals surface area contributed by atoms with E-state index in [1.165, 1.54) is 46.2 Å². The minimum Gasteiger partial charge on any atom is -0.313 e. The van der Waals surface area contributed by atoms with Crippen molar-refractivity contribution in [3.8, 4) is 27.9 Å². The van der Waals surface area contributed by atoms with E-state index < -0.39 is 18.3 Å². The van der Waals surface area contributed by atoms with Gasteiger partial charge in [0.1, 0.15) is 22.5 Å². The summed E-state index contributed by atoms with van der Waals surface area (Å²) in [6, 6.07) is 13.6. The molecule has 1 N–H and O–H groups in total. The van der Waals surface area contributed by atoms with Gasteiger partial charge in [0.25, 0.3) is 18.3 Å². The lowest BCUT2D eigenvalue weighted by Crippen LogP contribution is -2.33.